The topological polar surface area (TPSA) is 64.8 Å². The quantitative estimate of drug-likeness (QED) is 0.745. The van der Waals surface area contributed by atoms with Gasteiger partial charge in [-0.25, -0.2) is 8.42 Å². The molecule has 15 heavy (non-hydrogen) atoms. The van der Waals surface area contributed by atoms with Gasteiger partial charge in [-0.15, -0.1) is 10.2 Å². The van der Waals surface area contributed by atoms with Crippen molar-refractivity contribution in [2.75, 3.05) is 0 Å². The van der Waals surface area contributed by atoms with Crippen molar-refractivity contribution in [3.63, 3.8) is 0 Å². The first-order chi connectivity index (χ1) is 7.00. The second-order valence-electron chi connectivity index (χ2n) is 3.20. The molecule has 0 unspecified atom stereocenters. The van der Waals surface area contributed by atoms with Crippen LogP contribution in [0.15, 0.2) is 5.16 Å². The summed E-state index contributed by atoms with van der Waals surface area (Å²) in [5.41, 5.74) is 0. The molecule has 0 aliphatic carbocycles. The maximum atomic E-state index is 11.2. The second-order valence-corrected chi connectivity index (χ2v) is 5.66. The van der Waals surface area contributed by atoms with Crippen molar-refractivity contribution in [1.82, 2.24) is 14.8 Å². The molecule has 0 saturated heterocycles. The molecule has 0 aliphatic rings. The number of hydrogen-bond acceptors (Lipinski definition) is 4. The van der Waals surface area contributed by atoms with Crippen LogP contribution in [0, 0.1) is 0 Å². The molecule has 0 spiro atoms. The second kappa shape index (κ2) is 4.94. The Hall–Kier alpha value is -0.620. The summed E-state index contributed by atoms with van der Waals surface area (Å²) >= 11 is 0. The molecule has 0 bridgehead atoms. The molecule has 86 valence electrons. The van der Waals surface area contributed by atoms with Crippen LogP contribution in [0.5, 0.6) is 0 Å². The largest absolute Gasteiger partial charge is 0.301 e. The number of halogens is 1. The monoisotopic (exact) mass is 251 g/mol. The molecule has 0 atom stereocenters. The van der Waals surface area contributed by atoms with Gasteiger partial charge in [0.05, 0.1) is 0 Å². The summed E-state index contributed by atoms with van der Waals surface area (Å²) in [4.78, 5) is 0. The van der Waals surface area contributed by atoms with Crippen molar-refractivity contribution >= 4 is 19.7 Å². The molecule has 1 rings (SSSR count). The fraction of sp³-hybridized carbons (Fsp3) is 0.750. The van der Waals surface area contributed by atoms with Crippen LogP contribution < -0.4 is 0 Å². The Morgan fingerprint density at radius 3 is 2.47 bits per heavy atom. The summed E-state index contributed by atoms with van der Waals surface area (Å²) in [5.74, 6) is 0.655. The van der Waals surface area contributed by atoms with Gasteiger partial charge in [-0.3, -0.25) is 0 Å². The average molecular weight is 252 g/mol. The molecule has 1 aromatic heterocycles. The Bertz CT molecular complexity index is 427. The minimum atomic E-state index is -3.79. The van der Waals surface area contributed by atoms with Gasteiger partial charge in [0.15, 0.2) is 0 Å². The summed E-state index contributed by atoms with van der Waals surface area (Å²) in [7, 11) is 1.47. The van der Waals surface area contributed by atoms with E-state index in [1.54, 1.807) is 4.57 Å². The normalized spacial score (nSPS) is 11.9. The molecule has 1 heterocycles. The summed E-state index contributed by atoms with van der Waals surface area (Å²) in [5, 5.41) is 7.26. The molecule has 7 heteroatoms. The maximum Gasteiger partial charge on any atom is 0.296 e. The third-order valence-electron chi connectivity index (χ3n) is 2.06. The van der Waals surface area contributed by atoms with Crippen molar-refractivity contribution in [1.29, 1.82) is 0 Å². The number of rotatable bonds is 5. The van der Waals surface area contributed by atoms with Crippen LogP contribution in [-0.4, -0.2) is 23.2 Å². The van der Waals surface area contributed by atoms with Gasteiger partial charge in [-0.05, 0) is 6.42 Å². The molecular weight excluding hydrogens is 238 g/mol. The van der Waals surface area contributed by atoms with Gasteiger partial charge < -0.3 is 4.57 Å². The van der Waals surface area contributed by atoms with Gasteiger partial charge >= 0.3 is 0 Å². The summed E-state index contributed by atoms with van der Waals surface area (Å²) in [6, 6.07) is 0. The fourth-order valence-corrected chi connectivity index (χ4v) is 2.24. The summed E-state index contributed by atoms with van der Waals surface area (Å²) in [6.45, 7) is 4.52. The smallest absolute Gasteiger partial charge is 0.296 e. The molecular formula is C8H14ClN3O2S. The van der Waals surface area contributed by atoms with E-state index >= 15 is 0 Å². The predicted octanol–water partition coefficient (Wildman–Crippen LogP) is 1.57. The number of unbranched alkanes of at least 4 members (excludes halogenated alkanes) is 1. The highest BCUT2D eigenvalue weighted by Crippen LogP contribution is 2.15. The Labute approximate surface area is 93.9 Å². The first kappa shape index (κ1) is 12.4. The molecule has 5 nitrogen and oxygen atoms in total. The lowest BCUT2D eigenvalue weighted by molar-refractivity contribution is 0.541. The lowest BCUT2D eigenvalue weighted by Gasteiger charge is -2.06. The zero-order valence-electron chi connectivity index (χ0n) is 8.77. The molecule has 0 aliphatic heterocycles. The molecule has 0 amide bonds. The number of hydrogen-bond donors (Lipinski definition) is 0. The minimum Gasteiger partial charge on any atom is -0.301 e. The first-order valence-corrected chi connectivity index (χ1v) is 7.18. The van der Waals surface area contributed by atoms with E-state index in [-0.39, 0.29) is 5.16 Å². The molecule has 0 aromatic carbocycles. The van der Waals surface area contributed by atoms with Gasteiger partial charge in [0.1, 0.15) is 5.82 Å². The van der Waals surface area contributed by atoms with Crippen molar-refractivity contribution in [2.24, 2.45) is 0 Å². The van der Waals surface area contributed by atoms with Crippen LogP contribution in [0.25, 0.3) is 0 Å². The van der Waals surface area contributed by atoms with Crippen LogP contribution >= 0.6 is 10.7 Å². The van der Waals surface area contributed by atoms with Gasteiger partial charge in [0.2, 0.25) is 0 Å². The zero-order chi connectivity index (χ0) is 11.5. The molecule has 0 radical (unpaired) electrons. The lowest BCUT2D eigenvalue weighted by atomic mass is 10.3. The van der Waals surface area contributed by atoms with E-state index in [4.69, 9.17) is 10.7 Å². The van der Waals surface area contributed by atoms with Crippen LogP contribution in [0.3, 0.4) is 0 Å². The van der Waals surface area contributed by atoms with Crippen LogP contribution in [0.1, 0.15) is 32.5 Å². The standard InChI is InChI=1S/C8H14ClN3O2S/c1-3-5-6-12-7(4-2)10-11-8(12)15(9,13)14/h3-6H2,1-2H3. The highest BCUT2D eigenvalue weighted by atomic mass is 35.7. The van der Waals surface area contributed by atoms with E-state index in [2.05, 4.69) is 10.2 Å². The number of aromatic nitrogens is 3. The lowest BCUT2D eigenvalue weighted by Crippen LogP contribution is -2.09. The fourth-order valence-electron chi connectivity index (χ4n) is 1.30. The number of aryl methyl sites for hydroxylation is 1. The van der Waals surface area contributed by atoms with E-state index in [1.165, 1.54) is 0 Å². The van der Waals surface area contributed by atoms with E-state index in [9.17, 15) is 8.42 Å². The first-order valence-electron chi connectivity index (χ1n) is 4.87. The Morgan fingerprint density at radius 2 is 2.00 bits per heavy atom. The molecule has 0 fully saturated rings. The van der Waals surface area contributed by atoms with Crippen molar-refractivity contribution in [2.45, 2.75) is 44.8 Å². The summed E-state index contributed by atoms with van der Waals surface area (Å²) in [6.07, 6.45) is 2.50. The van der Waals surface area contributed by atoms with Gasteiger partial charge in [-0.1, -0.05) is 20.3 Å². The zero-order valence-corrected chi connectivity index (χ0v) is 10.3. The summed E-state index contributed by atoms with van der Waals surface area (Å²) < 4.78 is 24.0. The molecule has 0 N–H and O–H groups in total. The van der Waals surface area contributed by atoms with Crippen LogP contribution in [0.2, 0.25) is 0 Å². The van der Waals surface area contributed by atoms with E-state index in [0.717, 1.165) is 12.8 Å². The van der Waals surface area contributed by atoms with Crippen molar-refractivity contribution in [3.05, 3.63) is 5.82 Å². The predicted molar refractivity (Wildman–Crippen MR) is 57.3 cm³/mol. The van der Waals surface area contributed by atoms with Crippen LogP contribution in [0.4, 0.5) is 0 Å². The van der Waals surface area contributed by atoms with Crippen molar-refractivity contribution in [3.8, 4) is 0 Å². The third-order valence-corrected chi connectivity index (χ3v) is 3.22. The minimum absolute atomic E-state index is 0.144. The van der Waals surface area contributed by atoms with Crippen LogP contribution in [-0.2, 0) is 22.0 Å². The van der Waals surface area contributed by atoms with Gasteiger partial charge in [0.25, 0.3) is 14.2 Å². The van der Waals surface area contributed by atoms with Crippen molar-refractivity contribution < 1.29 is 8.42 Å². The SMILES string of the molecule is CCCCn1c(CC)nnc1S(=O)(=O)Cl. The highest BCUT2D eigenvalue weighted by Gasteiger charge is 2.21. The highest BCUT2D eigenvalue weighted by molar-refractivity contribution is 8.13. The average Bonchev–Trinajstić information content (AvgIpc) is 2.56. The van der Waals surface area contributed by atoms with E-state index < -0.39 is 9.05 Å². The Morgan fingerprint density at radius 1 is 1.33 bits per heavy atom. The van der Waals surface area contributed by atoms with E-state index in [0.29, 0.717) is 18.8 Å². The van der Waals surface area contributed by atoms with Gasteiger partial charge in [0, 0.05) is 23.6 Å². The molecule has 1 aromatic rings. The third kappa shape index (κ3) is 2.92. The Kier molecular flexibility index (Phi) is 4.10. The van der Waals surface area contributed by atoms with Gasteiger partial charge in [-0.2, -0.15) is 0 Å². The van der Waals surface area contributed by atoms with E-state index in [1.807, 2.05) is 13.8 Å². The Balaban J connectivity index is 3.12. The molecule has 0 saturated carbocycles. The number of nitrogens with zero attached hydrogens (tertiary/aromatic N) is 3. The maximum absolute atomic E-state index is 11.2.